The average Bonchev–Trinajstić information content (AvgIpc) is 3.13. The lowest BCUT2D eigenvalue weighted by Gasteiger charge is -2.34. The Morgan fingerprint density at radius 3 is 2.48 bits per heavy atom. The number of thioether (sulfide) groups is 1. The highest BCUT2D eigenvalue weighted by Crippen LogP contribution is 2.26. The van der Waals surface area contributed by atoms with Gasteiger partial charge in [-0.15, -0.1) is 10.2 Å². The first kappa shape index (κ1) is 22.3. The molecule has 1 amide bonds. The molecule has 0 aliphatic carbocycles. The van der Waals surface area contributed by atoms with Gasteiger partial charge in [-0.05, 0) is 38.1 Å². The summed E-state index contributed by atoms with van der Waals surface area (Å²) in [5.41, 5.74) is 0. The van der Waals surface area contributed by atoms with Crippen molar-refractivity contribution in [2.24, 2.45) is 0 Å². The molecule has 0 bridgehead atoms. The second-order valence-electron chi connectivity index (χ2n) is 6.70. The van der Waals surface area contributed by atoms with Gasteiger partial charge in [-0.1, -0.05) is 34.7 Å². The monoisotopic (exact) mass is 475 g/mol. The van der Waals surface area contributed by atoms with E-state index in [2.05, 4.69) is 15.5 Å². The van der Waals surface area contributed by atoms with Crippen LogP contribution in [-0.4, -0.2) is 71.7 Å². The molecular formula is C17H22ClN5O3S3. The number of benzene rings is 1. The maximum atomic E-state index is 12.7. The third-order valence-corrected chi connectivity index (χ3v) is 8.32. The highest BCUT2D eigenvalue weighted by atomic mass is 35.5. The Morgan fingerprint density at radius 1 is 1.21 bits per heavy atom. The minimum atomic E-state index is -3.58. The van der Waals surface area contributed by atoms with Crippen LogP contribution in [0.2, 0.25) is 5.02 Å². The van der Waals surface area contributed by atoms with E-state index >= 15 is 0 Å². The number of aromatic nitrogens is 2. The molecule has 1 aromatic heterocycles. The predicted octanol–water partition coefficient (Wildman–Crippen LogP) is 2.64. The number of piperazine rings is 1. The molecule has 1 N–H and O–H groups in total. The molecule has 1 aromatic carbocycles. The van der Waals surface area contributed by atoms with Crippen molar-refractivity contribution < 1.29 is 13.2 Å². The van der Waals surface area contributed by atoms with Crippen molar-refractivity contribution in [2.45, 2.75) is 29.1 Å². The Hall–Kier alpha value is -1.40. The molecule has 2 heterocycles. The topological polar surface area (TPSA) is 95.5 Å². The minimum absolute atomic E-state index is 0.0351. The van der Waals surface area contributed by atoms with Crippen LogP contribution in [-0.2, 0) is 14.8 Å². The van der Waals surface area contributed by atoms with E-state index in [1.807, 2.05) is 13.8 Å². The zero-order valence-corrected chi connectivity index (χ0v) is 19.2. The summed E-state index contributed by atoms with van der Waals surface area (Å²) in [5.74, 6) is 0.215. The van der Waals surface area contributed by atoms with Crippen molar-refractivity contribution in [2.75, 3.05) is 37.2 Å². The molecule has 0 unspecified atom stereocenters. The van der Waals surface area contributed by atoms with Crippen molar-refractivity contribution in [1.82, 2.24) is 19.4 Å². The quantitative estimate of drug-likeness (QED) is 0.615. The zero-order chi connectivity index (χ0) is 21.0. The van der Waals surface area contributed by atoms with E-state index in [9.17, 15) is 13.2 Å². The fraction of sp³-hybridized carbons (Fsp3) is 0.471. The minimum Gasteiger partial charge on any atom is -0.358 e. The summed E-state index contributed by atoms with van der Waals surface area (Å²) in [6, 6.07) is 6.37. The number of hydrogen-bond acceptors (Lipinski definition) is 8. The Kier molecular flexibility index (Phi) is 7.38. The molecule has 0 atom stereocenters. The van der Waals surface area contributed by atoms with E-state index in [1.54, 1.807) is 17.0 Å². The third kappa shape index (κ3) is 5.82. The van der Waals surface area contributed by atoms with Crippen LogP contribution in [0.25, 0.3) is 0 Å². The van der Waals surface area contributed by atoms with Crippen molar-refractivity contribution in [3.8, 4) is 0 Å². The normalized spacial score (nSPS) is 15.7. The van der Waals surface area contributed by atoms with Gasteiger partial charge in [-0.2, -0.15) is 4.31 Å². The molecule has 2 aromatic rings. The molecule has 1 fully saturated rings. The van der Waals surface area contributed by atoms with Gasteiger partial charge in [-0.25, -0.2) is 8.42 Å². The highest BCUT2D eigenvalue weighted by Gasteiger charge is 2.30. The van der Waals surface area contributed by atoms with Gasteiger partial charge in [0.15, 0.2) is 4.34 Å². The lowest BCUT2D eigenvalue weighted by atomic mass is 10.3. The Balaban J connectivity index is 1.50. The third-order valence-electron chi connectivity index (χ3n) is 4.18. The second-order valence-corrected chi connectivity index (χ2v) is 11.3. The van der Waals surface area contributed by atoms with E-state index in [-0.39, 0.29) is 35.7 Å². The van der Waals surface area contributed by atoms with Crippen molar-refractivity contribution in [1.29, 1.82) is 0 Å². The molecule has 158 valence electrons. The maximum absolute atomic E-state index is 12.7. The van der Waals surface area contributed by atoms with Crippen molar-refractivity contribution in [3.63, 3.8) is 0 Å². The fourth-order valence-corrected chi connectivity index (χ4v) is 6.07. The Bertz CT molecular complexity index is 941. The molecule has 29 heavy (non-hydrogen) atoms. The summed E-state index contributed by atoms with van der Waals surface area (Å²) in [4.78, 5) is 14.4. The van der Waals surface area contributed by atoms with Crippen molar-refractivity contribution >= 4 is 55.8 Å². The van der Waals surface area contributed by atoms with Gasteiger partial charge < -0.3 is 10.2 Å². The van der Waals surface area contributed by atoms with Gasteiger partial charge in [0.05, 0.1) is 10.6 Å². The highest BCUT2D eigenvalue weighted by molar-refractivity contribution is 8.01. The van der Waals surface area contributed by atoms with E-state index in [0.717, 1.165) is 9.47 Å². The molecule has 0 radical (unpaired) electrons. The number of rotatable bonds is 7. The molecule has 12 heteroatoms. The summed E-state index contributed by atoms with van der Waals surface area (Å²) in [6.45, 7) is 5.30. The number of sulfonamides is 1. The summed E-state index contributed by atoms with van der Waals surface area (Å²) in [6.07, 6.45) is 0. The number of nitrogens with one attached hydrogen (secondary N) is 1. The SMILES string of the molecule is CC(C)Nc1nnc(SCC(=O)N2CCN(S(=O)(=O)c3ccc(Cl)cc3)CC2)s1. The average molecular weight is 476 g/mol. The Morgan fingerprint density at radius 2 is 1.86 bits per heavy atom. The van der Waals surface area contributed by atoms with E-state index in [0.29, 0.717) is 18.1 Å². The first-order chi connectivity index (χ1) is 13.8. The van der Waals surface area contributed by atoms with Crippen LogP contribution in [0.5, 0.6) is 0 Å². The van der Waals surface area contributed by atoms with Gasteiger partial charge >= 0.3 is 0 Å². The second kappa shape index (κ2) is 9.61. The van der Waals surface area contributed by atoms with Gasteiger partial charge in [-0.3, -0.25) is 4.79 Å². The van der Waals surface area contributed by atoms with Gasteiger partial charge in [0.1, 0.15) is 0 Å². The van der Waals surface area contributed by atoms with Gasteiger partial charge in [0, 0.05) is 37.2 Å². The van der Waals surface area contributed by atoms with Crippen LogP contribution < -0.4 is 5.32 Å². The van der Waals surface area contributed by atoms with E-state index in [4.69, 9.17) is 11.6 Å². The number of hydrogen-bond donors (Lipinski definition) is 1. The molecule has 0 saturated carbocycles. The Labute approximate surface area is 183 Å². The lowest BCUT2D eigenvalue weighted by Crippen LogP contribution is -2.50. The molecule has 8 nitrogen and oxygen atoms in total. The first-order valence-corrected chi connectivity index (χ1v) is 12.6. The summed E-state index contributed by atoms with van der Waals surface area (Å²) < 4.78 is 27.6. The van der Waals surface area contributed by atoms with Gasteiger partial charge in [0.25, 0.3) is 0 Å². The zero-order valence-electron chi connectivity index (χ0n) is 16.0. The molecule has 1 saturated heterocycles. The predicted molar refractivity (Wildman–Crippen MR) is 116 cm³/mol. The fourth-order valence-electron chi connectivity index (χ4n) is 2.72. The first-order valence-electron chi connectivity index (χ1n) is 9.02. The number of anilines is 1. The molecular weight excluding hydrogens is 454 g/mol. The number of carbonyl (C=O) groups is 1. The summed E-state index contributed by atoms with van der Waals surface area (Å²) >= 11 is 8.59. The molecule has 1 aliphatic rings. The largest absolute Gasteiger partial charge is 0.358 e. The van der Waals surface area contributed by atoms with Crippen LogP contribution in [0, 0.1) is 0 Å². The number of nitrogens with zero attached hydrogens (tertiary/aromatic N) is 4. The van der Waals surface area contributed by atoms with Gasteiger partial charge in [0.2, 0.25) is 21.1 Å². The van der Waals surface area contributed by atoms with Crippen LogP contribution in [0.4, 0.5) is 5.13 Å². The number of amides is 1. The summed E-state index contributed by atoms with van der Waals surface area (Å²) in [7, 11) is -3.58. The summed E-state index contributed by atoms with van der Waals surface area (Å²) in [5, 5.41) is 12.5. The maximum Gasteiger partial charge on any atom is 0.243 e. The van der Waals surface area contributed by atoms with Crippen LogP contribution in [0.15, 0.2) is 33.5 Å². The van der Waals surface area contributed by atoms with E-state index in [1.165, 1.54) is 39.5 Å². The van der Waals surface area contributed by atoms with Crippen LogP contribution >= 0.6 is 34.7 Å². The number of halogens is 1. The van der Waals surface area contributed by atoms with Crippen molar-refractivity contribution in [3.05, 3.63) is 29.3 Å². The smallest absolute Gasteiger partial charge is 0.243 e. The van der Waals surface area contributed by atoms with Crippen LogP contribution in [0.1, 0.15) is 13.8 Å². The van der Waals surface area contributed by atoms with E-state index < -0.39 is 10.0 Å². The number of carbonyl (C=O) groups excluding carboxylic acids is 1. The standard InChI is InChI=1S/C17H22ClN5O3S3/c1-12(2)19-16-20-21-17(28-16)27-11-15(24)22-7-9-23(10-8-22)29(25,26)14-5-3-13(18)4-6-14/h3-6,12H,7-11H2,1-2H3,(H,19,20). The lowest BCUT2D eigenvalue weighted by molar-refractivity contribution is -0.129. The molecule has 0 spiro atoms. The van der Waals surface area contributed by atoms with Crippen LogP contribution in [0.3, 0.4) is 0 Å². The molecule has 3 rings (SSSR count). The molecule has 1 aliphatic heterocycles.